The number of anilines is 1. The molecule has 0 aliphatic rings. The zero-order valence-electron chi connectivity index (χ0n) is 18.3. The zero-order chi connectivity index (χ0) is 23.2. The van der Waals surface area contributed by atoms with Crippen LogP contribution in [0.3, 0.4) is 0 Å². The fourth-order valence-corrected chi connectivity index (χ4v) is 8.77. The van der Waals surface area contributed by atoms with E-state index < -0.39 is 0 Å². The normalized spacial score (nSPS) is 11.9. The Bertz CT molecular complexity index is 1750. The minimum atomic E-state index is -0.304. The van der Waals surface area contributed by atoms with Crippen LogP contribution < -0.4 is 4.90 Å². The highest BCUT2D eigenvalue weighted by Gasteiger charge is 2.19. The van der Waals surface area contributed by atoms with Gasteiger partial charge in [0.15, 0.2) is 5.82 Å². The molecular formula is C26H18FN3S4. The van der Waals surface area contributed by atoms with Crippen LogP contribution in [0.1, 0.15) is 0 Å². The molecule has 3 nitrogen and oxygen atoms in total. The molecule has 0 aliphatic carbocycles. The Kier molecular flexibility index (Phi) is 5.53. The smallest absolute Gasteiger partial charge is 0.170 e. The average Bonchev–Trinajstić information content (AvgIpc) is 2.87. The van der Waals surface area contributed by atoms with E-state index in [9.17, 15) is 0 Å². The maximum atomic E-state index is 16.1. The highest BCUT2D eigenvalue weighted by atomic mass is 32.1. The van der Waals surface area contributed by atoms with Crippen LogP contribution >= 0.6 is 45.3 Å². The predicted octanol–water partition coefficient (Wildman–Crippen LogP) is 10.3. The van der Waals surface area contributed by atoms with Crippen molar-refractivity contribution in [2.45, 2.75) is 0 Å². The number of nitrogens with zero attached hydrogens (tertiary/aromatic N) is 3. The Balaban J connectivity index is 1.64. The van der Waals surface area contributed by atoms with Crippen LogP contribution in [0.2, 0.25) is 0 Å². The van der Waals surface area contributed by atoms with Gasteiger partial charge in [0, 0.05) is 38.6 Å². The minimum absolute atomic E-state index is 0.304. The molecule has 2 heterocycles. The number of hydrogen-bond acceptors (Lipinski definition) is 7. The van der Waals surface area contributed by atoms with Crippen molar-refractivity contribution < 1.29 is 4.39 Å². The van der Waals surface area contributed by atoms with Crippen molar-refractivity contribution in [1.82, 2.24) is 0 Å². The standard InChI is InChI=1S/C26H18FN3S4/c1-30(2)16-13-11-15(12-14-16)28-29-22-21(27)23-25(33-19-9-5-3-7-17(19)31-23)26-24(22)32-18-8-4-6-10-20(18)34-26/h3-14H,1-2H3. The van der Waals surface area contributed by atoms with E-state index in [4.69, 9.17) is 0 Å². The van der Waals surface area contributed by atoms with Crippen molar-refractivity contribution >= 4 is 100 Å². The molecule has 0 saturated heterocycles. The van der Waals surface area contributed by atoms with Crippen LogP contribution in [-0.4, -0.2) is 14.1 Å². The van der Waals surface area contributed by atoms with Gasteiger partial charge in [0.1, 0.15) is 5.69 Å². The van der Waals surface area contributed by atoms with Crippen LogP contribution in [0.15, 0.2) is 83.0 Å². The third kappa shape index (κ3) is 3.76. The Hall–Kier alpha value is -2.91. The number of halogens is 1. The number of fused-ring (bicyclic) bond motifs is 5. The van der Waals surface area contributed by atoms with Gasteiger partial charge in [0.2, 0.25) is 0 Å². The summed E-state index contributed by atoms with van der Waals surface area (Å²) in [6, 6.07) is 24.2. The zero-order valence-corrected chi connectivity index (χ0v) is 21.5. The molecular weight excluding hydrogens is 502 g/mol. The maximum Gasteiger partial charge on any atom is 0.170 e. The van der Waals surface area contributed by atoms with Gasteiger partial charge < -0.3 is 4.90 Å². The lowest BCUT2D eigenvalue weighted by Gasteiger charge is -2.11. The average molecular weight is 520 g/mol. The second-order valence-corrected chi connectivity index (χ2v) is 12.1. The van der Waals surface area contributed by atoms with Crippen molar-refractivity contribution in [3.8, 4) is 0 Å². The molecule has 6 aromatic rings. The number of hydrogen-bond donors (Lipinski definition) is 0. The molecule has 0 saturated carbocycles. The summed E-state index contributed by atoms with van der Waals surface area (Å²) in [5.74, 6) is -0.304. The molecule has 0 fully saturated rings. The van der Waals surface area contributed by atoms with Crippen molar-refractivity contribution in [2.24, 2.45) is 10.2 Å². The fraction of sp³-hybridized carbons (Fsp3) is 0.0769. The summed E-state index contributed by atoms with van der Waals surface area (Å²) < 4.78 is 24.1. The van der Waals surface area contributed by atoms with Gasteiger partial charge in [-0.2, -0.15) is 5.11 Å². The topological polar surface area (TPSA) is 28.0 Å². The Morgan fingerprint density at radius 3 is 1.59 bits per heavy atom. The lowest BCUT2D eigenvalue weighted by molar-refractivity contribution is 0.644. The summed E-state index contributed by atoms with van der Waals surface area (Å²) in [6.07, 6.45) is 0. The summed E-state index contributed by atoms with van der Waals surface area (Å²) in [5.41, 5.74) is 2.08. The van der Waals surface area contributed by atoms with Crippen LogP contribution in [0.5, 0.6) is 0 Å². The van der Waals surface area contributed by atoms with Gasteiger partial charge in [-0.1, -0.05) is 24.3 Å². The van der Waals surface area contributed by atoms with Gasteiger partial charge in [0.25, 0.3) is 0 Å². The number of rotatable bonds is 3. The molecule has 0 spiro atoms. The van der Waals surface area contributed by atoms with Gasteiger partial charge in [-0.3, -0.25) is 0 Å². The summed E-state index contributed by atoms with van der Waals surface area (Å²) in [7, 11) is 3.98. The second-order valence-electron chi connectivity index (χ2n) is 7.89. The van der Waals surface area contributed by atoms with E-state index in [0.29, 0.717) is 16.1 Å². The third-order valence-electron chi connectivity index (χ3n) is 5.42. The molecule has 168 valence electrons. The first-order valence-corrected chi connectivity index (χ1v) is 13.8. The molecule has 34 heavy (non-hydrogen) atoms. The first-order valence-electron chi connectivity index (χ1n) is 10.6. The SMILES string of the molecule is CN(C)c1ccc(N=Nc2c(F)c3sc4ccccc4sc3c3sc4ccccc4sc23)cc1. The fourth-order valence-electron chi connectivity index (χ4n) is 3.68. The Morgan fingerprint density at radius 2 is 1.06 bits per heavy atom. The molecule has 2 aromatic heterocycles. The predicted molar refractivity (Wildman–Crippen MR) is 151 cm³/mol. The van der Waals surface area contributed by atoms with E-state index in [1.807, 2.05) is 73.6 Å². The number of azo groups is 1. The first-order chi connectivity index (χ1) is 16.6. The largest absolute Gasteiger partial charge is 0.378 e. The van der Waals surface area contributed by atoms with Crippen molar-refractivity contribution in [3.63, 3.8) is 0 Å². The van der Waals surface area contributed by atoms with E-state index in [0.717, 1.165) is 33.9 Å². The molecule has 8 heteroatoms. The molecule has 0 unspecified atom stereocenters. The van der Waals surface area contributed by atoms with Crippen molar-refractivity contribution in [2.75, 3.05) is 19.0 Å². The monoisotopic (exact) mass is 519 g/mol. The highest BCUT2D eigenvalue weighted by molar-refractivity contribution is 7.42. The van der Waals surface area contributed by atoms with E-state index in [2.05, 4.69) is 28.4 Å². The second kappa shape index (κ2) is 8.70. The van der Waals surface area contributed by atoms with Gasteiger partial charge in [-0.25, -0.2) is 4.39 Å². The molecule has 0 radical (unpaired) electrons. The van der Waals surface area contributed by atoms with Gasteiger partial charge in [-0.05, 0) is 48.5 Å². The quantitative estimate of drug-likeness (QED) is 0.130. The molecule has 4 aromatic carbocycles. The van der Waals surface area contributed by atoms with Crippen molar-refractivity contribution in [1.29, 1.82) is 0 Å². The summed E-state index contributed by atoms with van der Waals surface area (Å²) in [5, 5.41) is 8.90. The summed E-state index contributed by atoms with van der Waals surface area (Å²) >= 11 is 6.39. The van der Waals surface area contributed by atoms with E-state index in [-0.39, 0.29) is 5.82 Å². The highest BCUT2D eigenvalue weighted by Crippen LogP contribution is 2.48. The number of benzene rings is 4. The summed E-state index contributed by atoms with van der Waals surface area (Å²) in [4.78, 5) is 2.03. The van der Waals surface area contributed by atoms with Gasteiger partial charge in [0.05, 0.1) is 24.5 Å². The first kappa shape index (κ1) is 21.6. The van der Waals surface area contributed by atoms with E-state index in [1.165, 1.54) is 16.0 Å². The maximum absolute atomic E-state index is 16.1. The van der Waals surface area contributed by atoms with Gasteiger partial charge >= 0.3 is 0 Å². The van der Waals surface area contributed by atoms with Crippen LogP contribution in [-0.2, 0) is 0 Å². The Morgan fingerprint density at radius 1 is 0.588 bits per heavy atom. The molecule has 6 rings (SSSR count). The van der Waals surface area contributed by atoms with E-state index in [1.54, 1.807) is 34.0 Å². The van der Waals surface area contributed by atoms with Crippen LogP contribution in [0.25, 0.3) is 37.6 Å². The van der Waals surface area contributed by atoms with Crippen molar-refractivity contribution in [3.05, 3.63) is 78.6 Å². The lowest BCUT2D eigenvalue weighted by atomic mass is 10.3. The molecule has 0 amide bonds. The minimum Gasteiger partial charge on any atom is -0.378 e. The molecule has 0 bridgehead atoms. The van der Waals surface area contributed by atoms with Crippen LogP contribution in [0.4, 0.5) is 21.5 Å². The van der Waals surface area contributed by atoms with E-state index >= 15 is 4.39 Å². The van der Waals surface area contributed by atoms with Crippen LogP contribution in [0, 0.1) is 5.82 Å². The summed E-state index contributed by atoms with van der Waals surface area (Å²) in [6.45, 7) is 0. The Labute approximate surface area is 211 Å². The molecule has 0 aliphatic heterocycles. The lowest BCUT2D eigenvalue weighted by Crippen LogP contribution is -2.07. The molecule has 0 N–H and O–H groups in total. The third-order valence-corrected chi connectivity index (χ3v) is 10.8. The van der Waals surface area contributed by atoms with Gasteiger partial charge in [-0.15, -0.1) is 50.5 Å². The molecule has 0 atom stereocenters.